The van der Waals surface area contributed by atoms with Crippen molar-refractivity contribution in [3.05, 3.63) is 71.8 Å². The Morgan fingerprint density at radius 1 is 1.10 bits per heavy atom. The number of allylic oxidation sites excluding steroid dienone is 1. The predicted octanol–water partition coefficient (Wildman–Crippen LogP) is 4.50. The highest BCUT2D eigenvalue weighted by molar-refractivity contribution is 7.99. The van der Waals surface area contributed by atoms with E-state index in [1.807, 2.05) is 67.8 Å². The summed E-state index contributed by atoms with van der Waals surface area (Å²) < 4.78 is 1.90. The molecule has 7 nitrogen and oxygen atoms in total. The summed E-state index contributed by atoms with van der Waals surface area (Å²) in [5.41, 5.74) is 4.76. The first-order valence-corrected chi connectivity index (χ1v) is 10.8. The third-order valence-electron chi connectivity index (χ3n) is 4.52. The summed E-state index contributed by atoms with van der Waals surface area (Å²) in [6, 6.07) is 13.1. The van der Waals surface area contributed by atoms with E-state index in [1.54, 1.807) is 6.08 Å². The molecule has 160 valence electrons. The lowest BCUT2D eigenvalue weighted by molar-refractivity contribution is -0.117. The number of urea groups is 1. The summed E-state index contributed by atoms with van der Waals surface area (Å²) in [5, 5.41) is 14.2. The molecular weight excluding hydrogens is 410 g/mol. The van der Waals surface area contributed by atoms with Crippen molar-refractivity contribution in [3.8, 4) is 11.4 Å². The summed E-state index contributed by atoms with van der Waals surface area (Å²) in [7, 11) is 0. The molecule has 2 aromatic carbocycles. The lowest BCUT2D eigenvalue weighted by Crippen LogP contribution is -2.35. The molecule has 0 aliphatic carbocycles. The Hall–Kier alpha value is -3.39. The largest absolute Gasteiger partial charge is 0.325 e. The number of imide groups is 1. The molecule has 3 rings (SSSR count). The number of rotatable bonds is 7. The first-order valence-electron chi connectivity index (χ1n) is 9.79. The molecule has 0 saturated carbocycles. The summed E-state index contributed by atoms with van der Waals surface area (Å²) in [6.45, 7) is 10.2. The number of nitrogens with one attached hydrogen (secondary N) is 2. The van der Waals surface area contributed by atoms with Crippen LogP contribution in [0.4, 0.5) is 10.5 Å². The van der Waals surface area contributed by atoms with Crippen LogP contribution in [0, 0.1) is 20.8 Å². The molecule has 31 heavy (non-hydrogen) atoms. The standard InChI is InChI=1S/C23H25N5O2S/c1-5-11-28-21(18-8-6-7-15(2)13-18)26-27-23(28)31-14-20(29)25-22(30)24-19-10-9-16(3)12-17(19)4/h5-10,12-13H,1,11,14H2,2-4H3,(H2,24,25,29,30). The molecule has 1 aromatic heterocycles. The number of carbonyl (C=O) groups is 2. The topological polar surface area (TPSA) is 88.9 Å². The third kappa shape index (κ3) is 5.82. The molecular formula is C23H25N5O2S. The minimum atomic E-state index is -0.564. The van der Waals surface area contributed by atoms with Crippen LogP contribution in [-0.4, -0.2) is 32.5 Å². The number of thioether (sulfide) groups is 1. The van der Waals surface area contributed by atoms with Crippen LogP contribution in [0.15, 0.2) is 60.3 Å². The van der Waals surface area contributed by atoms with Gasteiger partial charge in [-0.3, -0.25) is 14.7 Å². The van der Waals surface area contributed by atoms with Gasteiger partial charge in [0.2, 0.25) is 5.91 Å². The van der Waals surface area contributed by atoms with Crippen molar-refractivity contribution in [1.29, 1.82) is 0 Å². The molecule has 0 atom stereocenters. The number of nitrogens with zero attached hydrogens (tertiary/aromatic N) is 3. The van der Waals surface area contributed by atoms with Gasteiger partial charge < -0.3 is 5.32 Å². The van der Waals surface area contributed by atoms with Crippen LogP contribution >= 0.6 is 11.8 Å². The van der Waals surface area contributed by atoms with Crippen LogP contribution in [-0.2, 0) is 11.3 Å². The molecule has 1 heterocycles. The van der Waals surface area contributed by atoms with Gasteiger partial charge in [0.25, 0.3) is 0 Å². The van der Waals surface area contributed by atoms with Crippen molar-refractivity contribution in [3.63, 3.8) is 0 Å². The van der Waals surface area contributed by atoms with Crippen LogP contribution in [0.5, 0.6) is 0 Å². The fraction of sp³-hybridized carbons (Fsp3) is 0.217. The number of carbonyl (C=O) groups excluding carboxylic acids is 2. The van der Waals surface area contributed by atoms with E-state index in [4.69, 9.17) is 0 Å². The zero-order chi connectivity index (χ0) is 22.4. The van der Waals surface area contributed by atoms with Crippen LogP contribution in [0.3, 0.4) is 0 Å². The summed E-state index contributed by atoms with van der Waals surface area (Å²) in [6.07, 6.45) is 1.75. The van der Waals surface area contributed by atoms with Gasteiger partial charge in [-0.25, -0.2) is 4.79 Å². The highest BCUT2D eigenvalue weighted by atomic mass is 32.2. The minimum Gasteiger partial charge on any atom is -0.307 e. The third-order valence-corrected chi connectivity index (χ3v) is 5.49. The molecule has 0 spiro atoms. The number of hydrogen-bond acceptors (Lipinski definition) is 5. The minimum absolute atomic E-state index is 0.0311. The maximum atomic E-state index is 12.3. The number of aryl methyl sites for hydroxylation is 3. The van der Waals surface area contributed by atoms with E-state index in [1.165, 1.54) is 11.8 Å². The van der Waals surface area contributed by atoms with Crippen molar-refractivity contribution >= 4 is 29.4 Å². The van der Waals surface area contributed by atoms with Crippen LogP contribution in [0.1, 0.15) is 16.7 Å². The first kappa shape index (κ1) is 22.3. The zero-order valence-corrected chi connectivity index (χ0v) is 18.6. The SMILES string of the molecule is C=CCn1c(SCC(=O)NC(=O)Nc2ccc(C)cc2C)nnc1-c1cccc(C)c1. The summed E-state index contributed by atoms with van der Waals surface area (Å²) in [4.78, 5) is 24.4. The van der Waals surface area contributed by atoms with Gasteiger partial charge >= 0.3 is 6.03 Å². The van der Waals surface area contributed by atoms with Crippen LogP contribution < -0.4 is 10.6 Å². The molecule has 2 N–H and O–H groups in total. The second kappa shape index (κ2) is 10.1. The molecule has 3 amide bonds. The second-order valence-corrected chi connectivity index (χ2v) is 8.13. The molecule has 0 bridgehead atoms. The number of hydrogen-bond donors (Lipinski definition) is 2. The van der Waals surface area contributed by atoms with Crippen molar-refractivity contribution in [2.24, 2.45) is 0 Å². The van der Waals surface area contributed by atoms with Gasteiger partial charge in [-0.1, -0.05) is 59.3 Å². The Kier molecular flexibility index (Phi) is 7.25. The Labute approximate surface area is 186 Å². The number of benzene rings is 2. The van der Waals surface area contributed by atoms with E-state index in [0.29, 0.717) is 23.2 Å². The van der Waals surface area contributed by atoms with Crippen molar-refractivity contribution in [2.45, 2.75) is 32.5 Å². The van der Waals surface area contributed by atoms with Crippen molar-refractivity contribution < 1.29 is 9.59 Å². The van der Waals surface area contributed by atoms with Crippen LogP contribution in [0.2, 0.25) is 0 Å². The Balaban J connectivity index is 1.63. The number of anilines is 1. The van der Waals surface area contributed by atoms with E-state index in [2.05, 4.69) is 27.4 Å². The first-order chi connectivity index (χ1) is 14.9. The monoisotopic (exact) mass is 435 g/mol. The van der Waals surface area contributed by atoms with Crippen molar-refractivity contribution in [1.82, 2.24) is 20.1 Å². The van der Waals surface area contributed by atoms with Gasteiger partial charge in [-0.05, 0) is 38.5 Å². The van der Waals surface area contributed by atoms with E-state index in [-0.39, 0.29) is 5.75 Å². The second-order valence-electron chi connectivity index (χ2n) is 7.18. The highest BCUT2D eigenvalue weighted by Gasteiger charge is 2.16. The Morgan fingerprint density at radius 3 is 2.58 bits per heavy atom. The summed E-state index contributed by atoms with van der Waals surface area (Å²) >= 11 is 1.22. The van der Waals surface area contributed by atoms with Gasteiger partial charge in [0.15, 0.2) is 11.0 Å². The molecule has 8 heteroatoms. The molecule has 0 fully saturated rings. The molecule has 0 aliphatic heterocycles. The molecule has 0 aliphatic rings. The van der Waals surface area contributed by atoms with E-state index >= 15 is 0 Å². The maximum absolute atomic E-state index is 12.3. The average Bonchev–Trinajstić information content (AvgIpc) is 3.11. The summed E-state index contributed by atoms with van der Waals surface area (Å²) in [5.74, 6) is 0.320. The highest BCUT2D eigenvalue weighted by Crippen LogP contribution is 2.24. The Morgan fingerprint density at radius 2 is 1.87 bits per heavy atom. The van der Waals surface area contributed by atoms with E-state index in [9.17, 15) is 9.59 Å². The molecule has 3 aromatic rings. The lowest BCUT2D eigenvalue weighted by Gasteiger charge is -2.10. The fourth-order valence-corrected chi connectivity index (χ4v) is 3.83. The average molecular weight is 436 g/mol. The van der Waals surface area contributed by atoms with Gasteiger partial charge in [0.1, 0.15) is 0 Å². The maximum Gasteiger partial charge on any atom is 0.325 e. The van der Waals surface area contributed by atoms with Gasteiger partial charge in [-0.15, -0.1) is 16.8 Å². The van der Waals surface area contributed by atoms with Gasteiger partial charge in [-0.2, -0.15) is 0 Å². The van der Waals surface area contributed by atoms with E-state index < -0.39 is 11.9 Å². The molecule has 0 unspecified atom stereocenters. The number of amides is 3. The lowest BCUT2D eigenvalue weighted by atomic mass is 10.1. The number of aromatic nitrogens is 3. The van der Waals surface area contributed by atoms with Crippen molar-refractivity contribution in [2.75, 3.05) is 11.1 Å². The van der Waals surface area contributed by atoms with Gasteiger partial charge in [0, 0.05) is 17.8 Å². The smallest absolute Gasteiger partial charge is 0.307 e. The van der Waals surface area contributed by atoms with E-state index in [0.717, 1.165) is 22.3 Å². The van der Waals surface area contributed by atoms with Crippen LogP contribution in [0.25, 0.3) is 11.4 Å². The predicted molar refractivity (Wildman–Crippen MR) is 124 cm³/mol. The zero-order valence-electron chi connectivity index (χ0n) is 17.8. The Bertz CT molecular complexity index is 1120. The fourth-order valence-electron chi connectivity index (χ4n) is 3.09. The normalized spacial score (nSPS) is 10.5. The molecule has 0 saturated heterocycles. The molecule has 0 radical (unpaired) electrons. The van der Waals surface area contributed by atoms with Gasteiger partial charge in [0.05, 0.1) is 5.75 Å². The quantitative estimate of drug-likeness (QED) is 0.421.